The number of aliphatic imine (C=N–C) groups is 1. The highest BCUT2D eigenvalue weighted by molar-refractivity contribution is 6.36. The molecule has 1 amide bonds. The van der Waals surface area contributed by atoms with Crippen LogP contribution >= 0.6 is 11.6 Å². The zero-order valence-corrected chi connectivity index (χ0v) is 15.6. The van der Waals surface area contributed by atoms with E-state index < -0.39 is 4.92 Å². The molecular weight excluding hydrogens is 380 g/mol. The molecule has 1 fully saturated rings. The summed E-state index contributed by atoms with van der Waals surface area (Å²) in [6, 6.07) is 11.4. The highest BCUT2D eigenvalue weighted by Gasteiger charge is 2.25. The van der Waals surface area contributed by atoms with E-state index in [-0.39, 0.29) is 17.3 Å². The predicted molar refractivity (Wildman–Crippen MR) is 108 cm³/mol. The van der Waals surface area contributed by atoms with E-state index in [9.17, 15) is 14.9 Å². The maximum absolute atomic E-state index is 12.8. The van der Waals surface area contributed by atoms with Crippen molar-refractivity contribution in [2.75, 3.05) is 18.4 Å². The first-order valence-corrected chi connectivity index (χ1v) is 9.30. The van der Waals surface area contributed by atoms with Gasteiger partial charge in [0, 0.05) is 47.6 Å². The molecule has 2 aliphatic rings. The molecule has 0 bridgehead atoms. The molecule has 1 N–H and O–H groups in total. The first-order valence-electron chi connectivity index (χ1n) is 8.92. The van der Waals surface area contributed by atoms with Gasteiger partial charge in [0.2, 0.25) is 0 Å². The van der Waals surface area contributed by atoms with Crippen LogP contribution < -0.4 is 5.32 Å². The minimum atomic E-state index is -0.474. The predicted octanol–water partition coefficient (Wildman–Crippen LogP) is 3.97. The summed E-state index contributed by atoms with van der Waals surface area (Å²) < 4.78 is 0. The molecule has 28 heavy (non-hydrogen) atoms. The Hall–Kier alpha value is -3.19. The molecule has 0 unspecified atom stereocenters. The van der Waals surface area contributed by atoms with E-state index in [0.29, 0.717) is 27.5 Å². The van der Waals surface area contributed by atoms with Gasteiger partial charge in [-0.15, -0.1) is 0 Å². The second-order valence-corrected chi connectivity index (χ2v) is 7.05. The van der Waals surface area contributed by atoms with E-state index in [2.05, 4.69) is 15.2 Å². The lowest BCUT2D eigenvalue weighted by Gasteiger charge is -2.12. The summed E-state index contributed by atoms with van der Waals surface area (Å²) in [6.07, 6.45) is 3.89. The Morgan fingerprint density at radius 2 is 1.89 bits per heavy atom. The fourth-order valence-electron chi connectivity index (χ4n) is 3.36. The standard InChI is InChI=1S/C20H17ClN4O3/c21-16-6-2-1-5-14(16)19-15-11-13(25(27)28)7-8-17(15)23-20(26)18(22-19)12-24-9-3-4-10-24/h1-2,5-8,11-12H,3-4,9-10H2,(H,23,26). The van der Waals surface area contributed by atoms with Gasteiger partial charge in [-0.05, 0) is 25.0 Å². The number of halogens is 1. The Balaban J connectivity index is 1.92. The van der Waals surface area contributed by atoms with Crippen molar-refractivity contribution in [2.24, 2.45) is 4.99 Å². The average molecular weight is 397 g/mol. The number of rotatable bonds is 3. The van der Waals surface area contributed by atoms with Gasteiger partial charge < -0.3 is 10.2 Å². The van der Waals surface area contributed by atoms with Crippen molar-refractivity contribution < 1.29 is 9.72 Å². The minimum Gasteiger partial charge on any atom is -0.375 e. The number of nitro groups is 1. The van der Waals surface area contributed by atoms with Crippen LogP contribution in [0.1, 0.15) is 24.0 Å². The third-order valence-corrected chi connectivity index (χ3v) is 5.09. The third kappa shape index (κ3) is 3.48. The van der Waals surface area contributed by atoms with Crippen LogP contribution in [0.3, 0.4) is 0 Å². The van der Waals surface area contributed by atoms with Crippen LogP contribution in [-0.4, -0.2) is 34.5 Å². The molecule has 142 valence electrons. The van der Waals surface area contributed by atoms with E-state index in [4.69, 9.17) is 11.6 Å². The van der Waals surface area contributed by atoms with Gasteiger partial charge in [-0.3, -0.25) is 14.9 Å². The van der Waals surface area contributed by atoms with Gasteiger partial charge in [0.05, 0.1) is 16.3 Å². The number of benzodiazepines with no additional fused rings is 1. The number of nitro benzene ring substituents is 1. The number of hydrogen-bond donors (Lipinski definition) is 1. The van der Waals surface area contributed by atoms with Crippen molar-refractivity contribution in [3.8, 4) is 0 Å². The molecule has 0 aliphatic carbocycles. The van der Waals surface area contributed by atoms with Gasteiger partial charge in [-0.2, -0.15) is 0 Å². The van der Waals surface area contributed by atoms with E-state index in [1.807, 2.05) is 6.07 Å². The monoisotopic (exact) mass is 396 g/mol. The number of hydrogen-bond acceptors (Lipinski definition) is 5. The van der Waals surface area contributed by atoms with Crippen LogP contribution in [-0.2, 0) is 4.79 Å². The van der Waals surface area contributed by atoms with Crippen LogP contribution in [0.25, 0.3) is 0 Å². The Labute approximate surface area is 166 Å². The van der Waals surface area contributed by atoms with E-state index >= 15 is 0 Å². The fourth-order valence-corrected chi connectivity index (χ4v) is 3.58. The van der Waals surface area contributed by atoms with Gasteiger partial charge in [-0.25, -0.2) is 4.99 Å². The summed E-state index contributed by atoms with van der Waals surface area (Å²) in [7, 11) is 0. The van der Waals surface area contributed by atoms with Crippen molar-refractivity contribution in [3.05, 3.63) is 80.6 Å². The minimum absolute atomic E-state index is 0.0836. The smallest absolute Gasteiger partial charge is 0.275 e. The molecule has 0 saturated carbocycles. The van der Waals surface area contributed by atoms with Crippen LogP contribution in [0.15, 0.2) is 59.4 Å². The second-order valence-electron chi connectivity index (χ2n) is 6.64. The van der Waals surface area contributed by atoms with Gasteiger partial charge in [0.25, 0.3) is 11.6 Å². The Morgan fingerprint density at radius 1 is 1.14 bits per heavy atom. The topological polar surface area (TPSA) is 87.8 Å². The zero-order valence-electron chi connectivity index (χ0n) is 14.9. The largest absolute Gasteiger partial charge is 0.375 e. The molecule has 7 nitrogen and oxygen atoms in total. The molecule has 0 aromatic heterocycles. The summed E-state index contributed by atoms with van der Waals surface area (Å²) in [5.41, 5.74) is 2.11. The summed E-state index contributed by atoms with van der Waals surface area (Å²) >= 11 is 6.38. The fraction of sp³-hybridized carbons (Fsp3) is 0.200. The van der Waals surface area contributed by atoms with Crippen molar-refractivity contribution in [2.45, 2.75) is 12.8 Å². The first-order chi connectivity index (χ1) is 13.5. The third-order valence-electron chi connectivity index (χ3n) is 4.76. The number of fused-ring (bicyclic) bond motifs is 1. The molecule has 0 spiro atoms. The van der Waals surface area contributed by atoms with Crippen LogP contribution in [0, 0.1) is 10.1 Å². The molecule has 8 heteroatoms. The van der Waals surface area contributed by atoms with Crippen molar-refractivity contribution in [1.29, 1.82) is 0 Å². The normalized spacial score (nSPS) is 17.8. The van der Waals surface area contributed by atoms with Gasteiger partial charge in [-0.1, -0.05) is 29.8 Å². The maximum atomic E-state index is 12.8. The lowest BCUT2D eigenvalue weighted by Crippen LogP contribution is -2.18. The van der Waals surface area contributed by atoms with Gasteiger partial charge in [0.15, 0.2) is 0 Å². The lowest BCUT2D eigenvalue weighted by molar-refractivity contribution is -0.384. The number of carbonyl (C=O) groups is 1. The van der Waals surface area contributed by atoms with Crippen LogP contribution in [0.5, 0.6) is 0 Å². The summed E-state index contributed by atoms with van der Waals surface area (Å²) in [6.45, 7) is 1.73. The first kappa shape index (κ1) is 18.2. The Kier molecular flexibility index (Phi) is 4.83. The van der Waals surface area contributed by atoms with Gasteiger partial charge >= 0.3 is 0 Å². The Morgan fingerprint density at radius 3 is 2.61 bits per heavy atom. The molecule has 0 atom stereocenters. The number of amides is 1. The summed E-state index contributed by atoms with van der Waals surface area (Å²) in [4.78, 5) is 30.2. The average Bonchev–Trinajstić information content (AvgIpc) is 3.14. The van der Waals surface area contributed by atoms with Crippen molar-refractivity contribution in [1.82, 2.24) is 4.90 Å². The molecule has 2 aromatic carbocycles. The number of nitrogens with zero attached hydrogens (tertiary/aromatic N) is 3. The lowest BCUT2D eigenvalue weighted by atomic mass is 10.00. The molecular formula is C20H17ClN4O3. The quantitative estimate of drug-likeness (QED) is 0.483. The number of non-ortho nitro benzene ring substituents is 1. The van der Waals surface area contributed by atoms with Crippen molar-refractivity contribution >= 4 is 34.6 Å². The molecule has 2 aromatic rings. The number of benzene rings is 2. The SMILES string of the molecule is O=C1Nc2ccc([N+](=O)[O-])cc2C(c2ccccc2Cl)=NC1=CN1CCCC1. The van der Waals surface area contributed by atoms with E-state index in [1.165, 1.54) is 18.2 Å². The highest BCUT2D eigenvalue weighted by atomic mass is 35.5. The summed E-state index contributed by atoms with van der Waals surface area (Å²) in [5.74, 6) is -0.357. The molecule has 1 saturated heterocycles. The number of carbonyl (C=O) groups excluding carboxylic acids is 1. The van der Waals surface area contributed by atoms with E-state index in [0.717, 1.165) is 25.9 Å². The maximum Gasteiger partial charge on any atom is 0.275 e. The summed E-state index contributed by atoms with van der Waals surface area (Å²) in [5, 5.41) is 14.5. The highest BCUT2D eigenvalue weighted by Crippen LogP contribution is 2.31. The van der Waals surface area contributed by atoms with Crippen LogP contribution in [0.4, 0.5) is 11.4 Å². The Bertz CT molecular complexity index is 1030. The number of likely N-dealkylation sites (tertiary alicyclic amines) is 1. The van der Waals surface area contributed by atoms with Gasteiger partial charge in [0.1, 0.15) is 5.70 Å². The molecule has 2 aliphatic heterocycles. The van der Waals surface area contributed by atoms with E-state index in [1.54, 1.807) is 24.4 Å². The zero-order chi connectivity index (χ0) is 19.7. The van der Waals surface area contributed by atoms with Crippen LogP contribution in [0.2, 0.25) is 5.02 Å². The number of anilines is 1. The van der Waals surface area contributed by atoms with Crippen molar-refractivity contribution in [3.63, 3.8) is 0 Å². The number of nitrogens with one attached hydrogen (secondary N) is 1. The molecule has 2 heterocycles. The second kappa shape index (κ2) is 7.44. The molecule has 4 rings (SSSR count). The molecule has 0 radical (unpaired) electrons.